The molecule has 2 aliphatic rings. The van der Waals surface area contributed by atoms with Crippen LogP contribution in [-0.2, 0) is 13.6 Å². The number of benzene rings is 1. The lowest BCUT2D eigenvalue weighted by Crippen LogP contribution is -2.20. The van der Waals surface area contributed by atoms with Gasteiger partial charge in [0, 0.05) is 31.8 Å². The van der Waals surface area contributed by atoms with Gasteiger partial charge in [0.1, 0.15) is 5.82 Å². The number of anilines is 1. The molecular formula is C22H27N7. The van der Waals surface area contributed by atoms with E-state index in [0.29, 0.717) is 0 Å². The Morgan fingerprint density at radius 2 is 2.10 bits per heavy atom. The fraction of sp³-hybridized carbons (Fsp3) is 0.409. The molecule has 7 heteroatoms. The van der Waals surface area contributed by atoms with Crippen molar-refractivity contribution in [3.63, 3.8) is 0 Å². The van der Waals surface area contributed by atoms with Crippen molar-refractivity contribution >= 4 is 11.4 Å². The fourth-order valence-electron chi connectivity index (χ4n) is 4.52. The van der Waals surface area contributed by atoms with Gasteiger partial charge in [-0.1, -0.05) is 23.4 Å². The largest absolute Gasteiger partial charge is 0.363 e. The maximum Gasteiger partial charge on any atom is 0.124 e. The summed E-state index contributed by atoms with van der Waals surface area (Å²) in [5, 5.41) is 20.4. The molecule has 0 amide bonds. The second kappa shape index (κ2) is 7.15. The topological polar surface area (TPSA) is 72.6 Å². The first-order chi connectivity index (χ1) is 14.1. The molecule has 0 spiro atoms. The Hall–Kier alpha value is -2.93. The highest BCUT2D eigenvalue weighted by atomic mass is 15.4. The van der Waals surface area contributed by atoms with Crippen LogP contribution in [0.3, 0.4) is 0 Å². The third-order valence-electron chi connectivity index (χ3n) is 5.97. The number of hydrogen-bond acceptors (Lipinski definition) is 5. The average molecular weight is 390 g/mol. The third kappa shape index (κ3) is 3.25. The molecule has 1 unspecified atom stereocenters. The number of rotatable bonds is 3. The van der Waals surface area contributed by atoms with Gasteiger partial charge in [-0.3, -0.25) is 4.68 Å². The van der Waals surface area contributed by atoms with Gasteiger partial charge < -0.3 is 10.6 Å². The molecule has 2 aromatic heterocycles. The van der Waals surface area contributed by atoms with Crippen LogP contribution in [0, 0.1) is 13.8 Å². The summed E-state index contributed by atoms with van der Waals surface area (Å²) in [6.07, 6.45) is 4.32. The van der Waals surface area contributed by atoms with Crippen molar-refractivity contribution in [3.8, 4) is 11.3 Å². The number of hydrogen-bond donors (Lipinski definition) is 2. The lowest BCUT2D eigenvalue weighted by Gasteiger charge is -2.22. The first-order valence-corrected chi connectivity index (χ1v) is 10.3. The zero-order chi connectivity index (χ0) is 20.0. The molecule has 0 saturated heterocycles. The lowest BCUT2D eigenvalue weighted by molar-refractivity contribution is 0.537. The zero-order valence-electron chi connectivity index (χ0n) is 17.2. The Labute approximate surface area is 170 Å². The molecule has 3 aromatic rings. The highest BCUT2D eigenvalue weighted by molar-refractivity contribution is 5.74. The van der Waals surface area contributed by atoms with Crippen molar-refractivity contribution in [2.75, 3.05) is 18.4 Å². The molecular weight excluding hydrogens is 362 g/mol. The minimum atomic E-state index is 0.183. The van der Waals surface area contributed by atoms with E-state index in [9.17, 15) is 0 Å². The Morgan fingerprint density at radius 3 is 2.86 bits per heavy atom. The highest BCUT2D eigenvalue weighted by Gasteiger charge is 2.26. The van der Waals surface area contributed by atoms with Crippen LogP contribution in [0.5, 0.6) is 0 Å². The molecule has 0 radical (unpaired) electrons. The second-order valence-corrected chi connectivity index (χ2v) is 8.01. The van der Waals surface area contributed by atoms with E-state index in [1.54, 1.807) is 0 Å². The van der Waals surface area contributed by atoms with Crippen LogP contribution in [0.2, 0.25) is 0 Å². The average Bonchev–Trinajstić information content (AvgIpc) is 3.20. The van der Waals surface area contributed by atoms with E-state index < -0.39 is 0 Å². The van der Waals surface area contributed by atoms with E-state index in [1.807, 2.05) is 30.3 Å². The van der Waals surface area contributed by atoms with E-state index in [-0.39, 0.29) is 6.04 Å². The Morgan fingerprint density at radius 1 is 1.21 bits per heavy atom. The van der Waals surface area contributed by atoms with Gasteiger partial charge in [-0.2, -0.15) is 5.10 Å². The molecule has 0 aliphatic carbocycles. The molecule has 150 valence electrons. The summed E-state index contributed by atoms with van der Waals surface area (Å²) in [5.41, 5.74) is 8.41. The number of nitrogens with zero attached hydrogens (tertiary/aromatic N) is 5. The summed E-state index contributed by atoms with van der Waals surface area (Å²) >= 11 is 0. The summed E-state index contributed by atoms with van der Waals surface area (Å²) in [7, 11) is 1.99. The number of aryl methyl sites for hydroxylation is 4. The summed E-state index contributed by atoms with van der Waals surface area (Å²) < 4.78 is 3.97. The van der Waals surface area contributed by atoms with E-state index >= 15 is 0 Å². The zero-order valence-corrected chi connectivity index (χ0v) is 17.2. The fourth-order valence-corrected chi connectivity index (χ4v) is 4.52. The minimum absolute atomic E-state index is 0.183. The highest BCUT2D eigenvalue weighted by Crippen LogP contribution is 2.38. The van der Waals surface area contributed by atoms with Gasteiger partial charge in [0.15, 0.2) is 0 Å². The van der Waals surface area contributed by atoms with Crippen molar-refractivity contribution in [3.05, 3.63) is 52.9 Å². The molecule has 4 heterocycles. The van der Waals surface area contributed by atoms with E-state index in [4.69, 9.17) is 0 Å². The number of aromatic nitrogens is 5. The van der Waals surface area contributed by atoms with Crippen molar-refractivity contribution in [1.29, 1.82) is 0 Å². The van der Waals surface area contributed by atoms with E-state index in [1.165, 1.54) is 22.3 Å². The third-order valence-corrected chi connectivity index (χ3v) is 5.97. The van der Waals surface area contributed by atoms with Gasteiger partial charge in [-0.05, 0) is 56.0 Å². The van der Waals surface area contributed by atoms with Crippen molar-refractivity contribution in [2.24, 2.45) is 7.05 Å². The molecule has 1 atom stereocenters. The van der Waals surface area contributed by atoms with Crippen LogP contribution in [0.15, 0.2) is 30.3 Å². The van der Waals surface area contributed by atoms with Crippen LogP contribution < -0.4 is 10.6 Å². The summed E-state index contributed by atoms with van der Waals surface area (Å²) in [5.74, 6) is 1.04. The van der Waals surface area contributed by atoms with Crippen LogP contribution in [0.25, 0.3) is 16.8 Å². The Balaban J connectivity index is 1.62. The standard InChI is InChI=1S/C22H27N7/c1-14-12-21(28(3)26-14)24-20-8-11-29-22(15(2)25-27-29)18-5-4-17(13-19(18)20)16-6-9-23-10-7-16/h4-6,12-13,20,23-24H,7-11H2,1-3H3. The molecule has 7 nitrogen and oxygen atoms in total. The smallest absolute Gasteiger partial charge is 0.124 e. The van der Waals surface area contributed by atoms with Gasteiger partial charge >= 0.3 is 0 Å². The van der Waals surface area contributed by atoms with Crippen LogP contribution >= 0.6 is 0 Å². The predicted molar refractivity (Wildman–Crippen MR) is 115 cm³/mol. The van der Waals surface area contributed by atoms with Crippen LogP contribution in [-0.4, -0.2) is 37.9 Å². The summed E-state index contributed by atoms with van der Waals surface area (Å²) in [4.78, 5) is 0. The SMILES string of the molecule is Cc1cc(NC2CCn3nnc(C)c3-c3ccc(C4=CCNCC4)cc32)n(C)n1. The first kappa shape index (κ1) is 18.1. The first-order valence-electron chi connectivity index (χ1n) is 10.3. The molecule has 29 heavy (non-hydrogen) atoms. The molecule has 5 rings (SSSR count). The normalized spacial score (nSPS) is 18.6. The van der Waals surface area contributed by atoms with E-state index in [0.717, 1.165) is 55.4 Å². The monoisotopic (exact) mass is 389 g/mol. The molecule has 0 bridgehead atoms. The molecule has 2 N–H and O–H groups in total. The van der Waals surface area contributed by atoms with Gasteiger partial charge in [-0.15, -0.1) is 5.10 Å². The quantitative estimate of drug-likeness (QED) is 0.720. The summed E-state index contributed by atoms with van der Waals surface area (Å²) in [6.45, 7) is 6.89. The Bertz CT molecular complexity index is 1090. The lowest BCUT2D eigenvalue weighted by atomic mass is 9.91. The van der Waals surface area contributed by atoms with Gasteiger partial charge in [0.25, 0.3) is 0 Å². The van der Waals surface area contributed by atoms with Gasteiger partial charge in [-0.25, -0.2) is 4.68 Å². The minimum Gasteiger partial charge on any atom is -0.363 e. The van der Waals surface area contributed by atoms with Crippen LogP contribution in [0.1, 0.15) is 41.4 Å². The van der Waals surface area contributed by atoms with Crippen molar-refractivity contribution in [2.45, 2.75) is 39.3 Å². The Kier molecular flexibility index (Phi) is 4.47. The second-order valence-electron chi connectivity index (χ2n) is 8.01. The molecule has 0 saturated carbocycles. The van der Waals surface area contributed by atoms with E-state index in [2.05, 4.69) is 56.4 Å². The number of fused-ring (bicyclic) bond motifs is 3. The van der Waals surface area contributed by atoms with Crippen LogP contribution in [0.4, 0.5) is 5.82 Å². The maximum absolute atomic E-state index is 4.50. The summed E-state index contributed by atoms with van der Waals surface area (Å²) in [6, 6.07) is 9.17. The van der Waals surface area contributed by atoms with Gasteiger partial charge in [0.2, 0.25) is 0 Å². The van der Waals surface area contributed by atoms with Crippen molar-refractivity contribution in [1.82, 2.24) is 30.1 Å². The maximum atomic E-state index is 4.50. The van der Waals surface area contributed by atoms with Gasteiger partial charge in [0.05, 0.1) is 23.1 Å². The predicted octanol–water partition coefficient (Wildman–Crippen LogP) is 3.23. The number of nitrogens with one attached hydrogen (secondary N) is 2. The molecule has 0 fully saturated rings. The molecule has 1 aromatic carbocycles. The molecule has 2 aliphatic heterocycles. The van der Waals surface area contributed by atoms with Crippen molar-refractivity contribution < 1.29 is 0 Å².